The van der Waals surface area contributed by atoms with E-state index in [2.05, 4.69) is 20.8 Å². The SMILES string of the molecule is CC(C)(C)OC(=O)N1[C@@H]2CC[C@H]1CC(N1CC(CBr)CC1=O)C2. The molecule has 0 N–H and O–H groups in total. The lowest BCUT2D eigenvalue weighted by atomic mass is 9.96. The molecule has 130 valence electrons. The lowest BCUT2D eigenvalue weighted by Crippen LogP contribution is -2.53. The summed E-state index contributed by atoms with van der Waals surface area (Å²) in [6, 6.07) is 0.747. The first-order valence-electron chi connectivity index (χ1n) is 8.65. The summed E-state index contributed by atoms with van der Waals surface area (Å²) in [4.78, 5) is 28.8. The molecule has 0 spiro atoms. The minimum Gasteiger partial charge on any atom is -0.444 e. The summed E-state index contributed by atoms with van der Waals surface area (Å²) >= 11 is 3.50. The lowest BCUT2D eigenvalue weighted by molar-refractivity contribution is -0.130. The van der Waals surface area contributed by atoms with Gasteiger partial charge in [0.15, 0.2) is 0 Å². The van der Waals surface area contributed by atoms with E-state index in [1.54, 1.807) is 0 Å². The second kappa shape index (κ2) is 6.26. The highest BCUT2D eigenvalue weighted by molar-refractivity contribution is 9.09. The van der Waals surface area contributed by atoms with E-state index in [0.29, 0.717) is 18.4 Å². The van der Waals surface area contributed by atoms with E-state index in [1.807, 2.05) is 25.7 Å². The number of piperidine rings is 1. The van der Waals surface area contributed by atoms with E-state index in [0.717, 1.165) is 37.6 Å². The molecule has 3 aliphatic rings. The molecule has 6 heteroatoms. The molecule has 2 unspecified atom stereocenters. The Hall–Kier alpha value is -0.780. The van der Waals surface area contributed by atoms with Gasteiger partial charge < -0.3 is 14.5 Å². The predicted molar refractivity (Wildman–Crippen MR) is 91.5 cm³/mol. The van der Waals surface area contributed by atoms with Gasteiger partial charge in [0, 0.05) is 36.4 Å². The number of fused-ring (bicyclic) bond motifs is 2. The smallest absolute Gasteiger partial charge is 0.410 e. The number of likely N-dealkylation sites (tertiary alicyclic amines) is 1. The largest absolute Gasteiger partial charge is 0.444 e. The summed E-state index contributed by atoms with van der Waals surface area (Å²) < 4.78 is 5.57. The highest BCUT2D eigenvalue weighted by Gasteiger charge is 2.48. The molecule has 3 aliphatic heterocycles. The molecular formula is C17H27BrN2O3. The molecule has 0 aromatic heterocycles. The van der Waals surface area contributed by atoms with Crippen LogP contribution in [0.3, 0.4) is 0 Å². The number of amides is 2. The van der Waals surface area contributed by atoms with Gasteiger partial charge in [0.05, 0.1) is 0 Å². The summed E-state index contributed by atoms with van der Waals surface area (Å²) in [5.74, 6) is 0.716. The van der Waals surface area contributed by atoms with Gasteiger partial charge in [0.2, 0.25) is 5.91 Å². The molecule has 3 saturated heterocycles. The fourth-order valence-corrected chi connectivity index (χ4v) is 4.71. The monoisotopic (exact) mass is 386 g/mol. The number of nitrogens with zero attached hydrogens (tertiary/aromatic N) is 2. The normalized spacial score (nSPS) is 34.2. The van der Waals surface area contributed by atoms with E-state index in [4.69, 9.17) is 4.74 Å². The van der Waals surface area contributed by atoms with Gasteiger partial charge in [-0.15, -0.1) is 0 Å². The maximum atomic E-state index is 12.5. The summed E-state index contributed by atoms with van der Waals surface area (Å²) in [6.07, 6.45) is 4.34. The van der Waals surface area contributed by atoms with Gasteiger partial charge in [-0.1, -0.05) is 15.9 Å². The molecule has 0 saturated carbocycles. The van der Waals surface area contributed by atoms with Crippen LogP contribution < -0.4 is 0 Å². The van der Waals surface area contributed by atoms with Crippen LogP contribution in [0.15, 0.2) is 0 Å². The predicted octanol–water partition coefficient (Wildman–Crippen LogP) is 3.16. The zero-order chi connectivity index (χ0) is 16.8. The molecular weight excluding hydrogens is 360 g/mol. The van der Waals surface area contributed by atoms with Gasteiger partial charge in [-0.2, -0.15) is 0 Å². The number of halogens is 1. The van der Waals surface area contributed by atoms with Gasteiger partial charge in [-0.05, 0) is 52.4 Å². The average molecular weight is 387 g/mol. The molecule has 3 heterocycles. The number of carbonyl (C=O) groups excluding carboxylic acids is 2. The lowest BCUT2D eigenvalue weighted by Gasteiger charge is -2.42. The molecule has 4 atom stereocenters. The van der Waals surface area contributed by atoms with Crippen molar-refractivity contribution >= 4 is 27.9 Å². The maximum Gasteiger partial charge on any atom is 0.410 e. The quantitative estimate of drug-likeness (QED) is 0.684. The van der Waals surface area contributed by atoms with E-state index in [9.17, 15) is 9.59 Å². The molecule has 0 radical (unpaired) electrons. The highest BCUT2D eigenvalue weighted by atomic mass is 79.9. The van der Waals surface area contributed by atoms with Crippen molar-refractivity contribution in [1.29, 1.82) is 0 Å². The zero-order valence-corrected chi connectivity index (χ0v) is 15.8. The Morgan fingerprint density at radius 3 is 2.30 bits per heavy atom. The standard InChI is InChI=1S/C17H27BrN2O3/c1-17(2,3)23-16(22)20-12-4-5-13(20)8-14(7-12)19-10-11(9-18)6-15(19)21/h11-14H,4-10H2,1-3H3/t11?,12-,13+,14?. The molecule has 5 nitrogen and oxygen atoms in total. The Bertz CT molecular complexity index is 477. The van der Waals surface area contributed by atoms with E-state index < -0.39 is 5.60 Å². The summed E-state index contributed by atoms with van der Waals surface area (Å²) in [5, 5.41) is 0.888. The van der Waals surface area contributed by atoms with Crippen LogP contribution >= 0.6 is 15.9 Å². The molecule has 0 aromatic rings. The van der Waals surface area contributed by atoms with Crippen molar-refractivity contribution in [3.8, 4) is 0 Å². The van der Waals surface area contributed by atoms with Gasteiger partial charge in [-0.25, -0.2) is 4.79 Å². The van der Waals surface area contributed by atoms with Crippen LogP contribution in [0.1, 0.15) is 52.9 Å². The summed E-state index contributed by atoms with van der Waals surface area (Å²) in [5.41, 5.74) is -0.457. The van der Waals surface area contributed by atoms with Gasteiger partial charge in [-0.3, -0.25) is 4.79 Å². The Morgan fingerprint density at radius 2 is 1.83 bits per heavy atom. The molecule has 3 rings (SSSR count). The van der Waals surface area contributed by atoms with Crippen molar-refractivity contribution in [2.75, 3.05) is 11.9 Å². The minimum absolute atomic E-state index is 0.186. The fraction of sp³-hybridized carbons (Fsp3) is 0.882. The minimum atomic E-state index is -0.457. The number of rotatable bonds is 2. The van der Waals surface area contributed by atoms with Crippen molar-refractivity contribution in [3.63, 3.8) is 0 Å². The van der Waals surface area contributed by atoms with E-state index in [1.165, 1.54) is 0 Å². The Kier molecular flexibility index (Phi) is 4.64. The first-order valence-corrected chi connectivity index (χ1v) is 9.77. The summed E-state index contributed by atoms with van der Waals surface area (Å²) in [7, 11) is 0. The Labute approximate surface area is 146 Å². The summed E-state index contributed by atoms with van der Waals surface area (Å²) in [6.45, 7) is 6.58. The molecule has 2 bridgehead atoms. The molecule has 3 fully saturated rings. The van der Waals surface area contributed by atoms with Gasteiger partial charge in [0.1, 0.15) is 5.60 Å². The van der Waals surface area contributed by atoms with Crippen molar-refractivity contribution in [2.24, 2.45) is 5.92 Å². The van der Waals surface area contributed by atoms with Crippen molar-refractivity contribution in [2.45, 2.75) is 76.6 Å². The third-order valence-electron chi connectivity index (χ3n) is 5.21. The third kappa shape index (κ3) is 3.52. The fourth-order valence-electron chi connectivity index (χ4n) is 4.28. The molecule has 23 heavy (non-hydrogen) atoms. The van der Waals surface area contributed by atoms with Gasteiger partial charge >= 0.3 is 6.09 Å². The number of hydrogen-bond donors (Lipinski definition) is 0. The molecule has 0 aliphatic carbocycles. The van der Waals surface area contributed by atoms with Crippen molar-refractivity contribution < 1.29 is 14.3 Å². The first kappa shape index (κ1) is 17.1. The van der Waals surface area contributed by atoms with Crippen LogP contribution in [0, 0.1) is 5.92 Å². The first-order chi connectivity index (χ1) is 10.8. The van der Waals surface area contributed by atoms with E-state index >= 15 is 0 Å². The van der Waals surface area contributed by atoms with E-state index in [-0.39, 0.29) is 24.1 Å². The Morgan fingerprint density at radius 1 is 1.22 bits per heavy atom. The van der Waals surface area contributed by atoms with Crippen molar-refractivity contribution in [3.05, 3.63) is 0 Å². The van der Waals surface area contributed by atoms with Crippen LogP contribution in [0.5, 0.6) is 0 Å². The third-order valence-corrected chi connectivity index (χ3v) is 6.13. The number of alkyl halides is 1. The maximum absolute atomic E-state index is 12.5. The second-order valence-electron chi connectivity index (χ2n) is 8.17. The topological polar surface area (TPSA) is 49.9 Å². The number of hydrogen-bond acceptors (Lipinski definition) is 3. The molecule has 0 aromatic carbocycles. The van der Waals surface area contributed by atoms with Crippen LogP contribution in [-0.2, 0) is 9.53 Å². The van der Waals surface area contributed by atoms with Crippen LogP contribution in [-0.4, -0.2) is 57.4 Å². The van der Waals surface area contributed by atoms with Crippen LogP contribution in [0.25, 0.3) is 0 Å². The Balaban J connectivity index is 1.65. The van der Waals surface area contributed by atoms with Crippen LogP contribution in [0.4, 0.5) is 4.79 Å². The average Bonchev–Trinajstić information content (AvgIpc) is 2.95. The van der Waals surface area contributed by atoms with Crippen molar-refractivity contribution in [1.82, 2.24) is 9.80 Å². The zero-order valence-electron chi connectivity index (χ0n) is 14.3. The second-order valence-corrected chi connectivity index (χ2v) is 8.82. The molecule has 2 amide bonds. The number of carbonyl (C=O) groups is 2. The number of ether oxygens (including phenoxy) is 1. The van der Waals surface area contributed by atoms with Crippen LogP contribution in [0.2, 0.25) is 0 Å². The van der Waals surface area contributed by atoms with Gasteiger partial charge in [0.25, 0.3) is 0 Å². The highest BCUT2D eigenvalue weighted by Crippen LogP contribution is 2.40.